The first-order valence-corrected chi connectivity index (χ1v) is 12.3. The Bertz CT molecular complexity index is 1150. The molecule has 0 bridgehead atoms. The summed E-state index contributed by atoms with van der Waals surface area (Å²) in [6.07, 6.45) is 6.91. The van der Waals surface area contributed by atoms with E-state index in [1.165, 1.54) is 12.1 Å². The Morgan fingerprint density at radius 1 is 1.09 bits per heavy atom. The molecule has 0 spiro atoms. The molecule has 0 radical (unpaired) electrons. The van der Waals surface area contributed by atoms with Crippen LogP contribution in [0, 0.1) is 12.7 Å². The van der Waals surface area contributed by atoms with Crippen LogP contribution in [0.1, 0.15) is 42.9 Å². The van der Waals surface area contributed by atoms with Crippen LogP contribution in [-0.4, -0.2) is 51.6 Å². The lowest BCUT2D eigenvalue weighted by Crippen LogP contribution is -2.53. The van der Waals surface area contributed by atoms with E-state index in [1.54, 1.807) is 18.5 Å². The minimum atomic E-state index is -0.807. The number of benzene rings is 2. The van der Waals surface area contributed by atoms with Gasteiger partial charge in [0.1, 0.15) is 5.82 Å². The molecule has 0 saturated carbocycles. The molecule has 2 aromatic carbocycles. The van der Waals surface area contributed by atoms with E-state index in [1.807, 2.05) is 25.1 Å². The Labute approximate surface area is 206 Å². The molecular weight excluding hydrogens is 443 g/mol. The molecule has 1 aliphatic rings. The van der Waals surface area contributed by atoms with Gasteiger partial charge in [0.05, 0.1) is 6.42 Å². The van der Waals surface area contributed by atoms with E-state index in [9.17, 15) is 14.3 Å². The summed E-state index contributed by atoms with van der Waals surface area (Å²) in [6, 6.07) is 12.9. The Hall–Kier alpha value is -3.32. The van der Waals surface area contributed by atoms with E-state index < -0.39 is 5.97 Å². The van der Waals surface area contributed by atoms with Gasteiger partial charge in [0, 0.05) is 50.2 Å². The highest BCUT2D eigenvalue weighted by Crippen LogP contribution is 2.25. The predicted octanol–water partition coefficient (Wildman–Crippen LogP) is 5.10. The Morgan fingerprint density at radius 3 is 2.57 bits per heavy atom. The van der Waals surface area contributed by atoms with Crippen molar-refractivity contribution >= 4 is 11.9 Å². The van der Waals surface area contributed by atoms with E-state index >= 15 is 0 Å². The number of carboxylic acid groups (broad SMARTS) is 1. The van der Waals surface area contributed by atoms with Crippen molar-refractivity contribution in [1.82, 2.24) is 14.9 Å². The van der Waals surface area contributed by atoms with Crippen LogP contribution in [0.4, 0.5) is 10.3 Å². The van der Waals surface area contributed by atoms with Crippen LogP contribution in [0.15, 0.2) is 54.9 Å². The number of aryl methyl sites for hydroxylation is 1. The van der Waals surface area contributed by atoms with Gasteiger partial charge in [-0.2, -0.15) is 0 Å². The summed E-state index contributed by atoms with van der Waals surface area (Å²) in [5.74, 6) is -0.366. The quantitative estimate of drug-likeness (QED) is 0.463. The van der Waals surface area contributed by atoms with Crippen molar-refractivity contribution in [3.05, 3.63) is 77.4 Å². The third-order valence-corrected chi connectivity index (χ3v) is 6.47. The number of nitrogens with zero attached hydrogens (tertiary/aromatic N) is 4. The zero-order valence-corrected chi connectivity index (χ0v) is 20.5. The first kappa shape index (κ1) is 24.8. The second kappa shape index (κ2) is 11.4. The van der Waals surface area contributed by atoms with Crippen molar-refractivity contribution in [2.75, 3.05) is 24.5 Å². The van der Waals surface area contributed by atoms with Crippen molar-refractivity contribution in [2.45, 2.75) is 52.1 Å². The van der Waals surface area contributed by atoms with Crippen LogP contribution in [-0.2, 0) is 17.8 Å². The van der Waals surface area contributed by atoms with Gasteiger partial charge < -0.3 is 10.0 Å². The van der Waals surface area contributed by atoms with Crippen molar-refractivity contribution in [3.63, 3.8) is 0 Å². The van der Waals surface area contributed by atoms with Crippen LogP contribution in [0.5, 0.6) is 0 Å². The number of carbonyl (C=O) groups is 1. The zero-order valence-electron chi connectivity index (χ0n) is 20.5. The molecule has 2 heterocycles. The number of aromatic nitrogens is 2. The largest absolute Gasteiger partial charge is 0.481 e. The lowest BCUT2D eigenvalue weighted by molar-refractivity contribution is -0.136. The molecule has 1 N–H and O–H groups in total. The van der Waals surface area contributed by atoms with E-state index in [4.69, 9.17) is 0 Å². The second-order valence-corrected chi connectivity index (χ2v) is 9.40. The number of anilines is 1. The van der Waals surface area contributed by atoms with Gasteiger partial charge in [-0.15, -0.1) is 0 Å². The highest BCUT2D eigenvalue weighted by molar-refractivity contribution is 5.70. The maximum Gasteiger partial charge on any atom is 0.307 e. The maximum absolute atomic E-state index is 13.6. The normalized spacial score (nSPS) is 16.4. The third-order valence-electron chi connectivity index (χ3n) is 6.47. The molecule has 6 nitrogen and oxygen atoms in total. The molecule has 0 unspecified atom stereocenters. The van der Waals surface area contributed by atoms with Crippen molar-refractivity contribution in [3.8, 4) is 11.1 Å². The third kappa shape index (κ3) is 6.63. The van der Waals surface area contributed by atoms with E-state index in [2.05, 4.69) is 32.8 Å². The van der Waals surface area contributed by atoms with Crippen LogP contribution < -0.4 is 4.90 Å². The van der Waals surface area contributed by atoms with Crippen molar-refractivity contribution in [2.24, 2.45) is 0 Å². The van der Waals surface area contributed by atoms with Crippen LogP contribution in [0.3, 0.4) is 0 Å². The molecule has 4 rings (SSSR count). The number of rotatable bonds is 9. The molecule has 1 saturated heterocycles. The molecule has 0 amide bonds. The summed E-state index contributed by atoms with van der Waals surface area (Å²) >= 11 is 0. The van der Waals surface area contributed by atoms with Gasteiger partial charge in [-0.1, -0.05) is 55.7 Å². The first-order valence-electron chi connectivity index (χ1n) is 12.3. The number of carboxylic acids is 1. The molecule has 7 heteroatoms. The molecule has 1 aromatic heterocycles. The Morgan fingerprint density at radius 2 is 1.86 bits per heavy atom. The van der Waals surface area contributed by atoms with Crippen molar-refractivity contribution < 1.29 is 14.3 Å². The fourth-order valence-electron chi connectivity index (χ4n) is 4.87. The number of aliphatic carboxylic acids is 1. The monoisotopic (exact) mass is 476 g/mol. The summed E-state index contributed by atoms with van der Waals surface area (Å²) in [6.45, 7) is 7.61. The molecular formula is C28H33FN4O2. The maximum atomic E-state index is 13.6. The SMILES string of the molecule is CCCC[C@@H]1CN(Cc2cc(C)cc(CC(=O)O)c2)CCN1c1ncc(-c2cccc(F)c2)cn1. The summed E-state index contributed by atoms with van der Waals surface area (Å²) in [7, 11) is 0. The number of unbranched alkanes of at least 4 members (excludes halogenated alkanes) is 1. The minimum absolute atomic E-state index is 0.0462. The standard InChI is InChI=1S/C28H33FN4O2/c1-3-4-8-26-19-32(18-22-12-20(2)11-21(13-22)14-27(34)35)9-10-33(26)28-30-16-24(17-31-28)23-6-5-7-25(29)15-23/h5-7,11-13,15-17,26H,3-4,8-10,14,18-19H2,1-2H3,(H,34,35)/t26-/m1/s1. The Kier molecular flexibility index (Phi) is 8.08. The minimum Gasteiger partial charge on any atom is -0.481 e. The number of halogens is 1. The molecule has 1 fully saturated rings. The van der Waals surface area contributed by atoms with Gasteiger partial charge in [0.15, 0.2) is 0 Å². The summed E-state index contributed by atoms with van der Waals surface area (Å²) < 4.78 is 13.6. The highest BCUT2D eigenvalue weighted by Gasteiger charge is 2.28. The zero-order chi connectivity index (χ0) is 24.8. The van der Waals surface area contributed by atoms with Crippen LogP contribution in [0.25, 0.3) is 11.1 Å². The highest BCUT2D eigenvalue weighted by atomic mass is 19.1. The first-order chi connectivity index (χ1) is 16.9. The molecule has 0 aliphatic carbocycles. The average Bonchev–Trinajstić information content (AvgIpc) is 2.82. The lowest BCUT2D eigenvalue weighted by atomic mass is 10.0. The molecule has 184 valence electrons. The number of hydrogen-bond acceptors (Lipinski definition) is 5. The Balaban J connectivity index is 1.47. The number of hydrogen-bond donors (Lipinski definition) is 1. The van der Waals surface area contributed by atoms with Gasteiger partial charge in [-0.25, -0.2) is 14.4 Å². The van der Waals surface area contributed by atoms with Crippen molar-refractivity contribution in [1.29, 1.82) is 0 Å². The van der Waals surface area contributed by atoms with E-state index in [0.29, 0.717) is 12.0 Å². The molecule has 3 aromatic rings. The fraction of sp³-hybridized carbons (Fsp3) is 0.393. The van der Waals surface area contributed by atoms with E-state index in [0.717, 1.165) is 73.3 Å². The average molecular weight is 477 g/mol. The van der Waals surface area contributed by atoms with Gasteiger partial charge >= 0.3 is 5.97 Å². The van der Waals surface area contributed by atoms with Crippen LogP contribution >= 0.6 is 0 Å². The molecule has 35 heavy (non-hydrogen) atoms. The fourth-order valence-corrected chi connectivity index (χ4v) is 4.87. The van der Waals surface area contributed by atoms with Gasteiger partial charge in [-0.3, -0.25) is 9.69 Å². The molecule has 1 atom stereocenters. The van der Waals surface area contributed by atoms with Gasteiger partial charge in [0.25, 0.3) is 0 Å². The summed E-state index contributed by atoms with van der Waals surface area (Å²) in [5, 5.41) is 9.17. The van der Waals surface area contributed by atoms with Crippen LogP contribution in [0.2, 0.25) is 0 Å². The smallest absolute Gasteiger partial charge is 0.307 e. The summed E-state index contributed by atoms with van der Waals surface area (Å²) in [4.78, 5) is 25.2. The lowest BCUT2D eigenvalue weighted by Gasteiger charge is -2.41. The number of piperazine rings is 1. The van der Waals surface area contributed by atoms with Gasteiger partial charge in [0.2, 0.25) is 5.95 Å². The molecule has 1 aliphatic heterocycles. The van der Waals surface area contributed by atoms with E-state index in [-0.39, 0.29) is 12.2 Å². The predicted molar refractivity (Wildman–Crippen MR) is 136 cm³/mol. The summed E-state index contributed by atoms with van der Waals surface area (Å²) in [5.41, 5.74) is 4.66. The topological polar surface area (TPSA) is 69.6 Å². The van der Waals surface area contributed by atoms with Gasteiger partial charge in [-0.05, 0) is 42.2 Å². The second-order valence-electron chi connectivity index (χ2n) is 9.40.